The molecule has 0 fully saturated rings. The van der Waals surface area contributed by atoms with Crippen LogP contribution in [0.2, 0.25) is 0 Å². The van der Waals surface area contributed by atoms with Crippen LogP contribution >= 0.6 is 11.8 Å². The van der Waals surface area contributed by atoms with Gasteiger partial charge in [-0.1, -0.05) is 25.3 Å². The van der Waals surface area contributed by atoms with Crippen LogP contribution in [0.4, 0.5) is 0 Å². The lowest BCUT2D eigenvalue weighted by molar-refractivity contribution is -0.119. The molecule has 0 aromatic heterocycles. The van der Waals surface area contributed by atoms with Crippen molar-refractivity contribution in [2.75, 3.05) is 0 Å². The average Bonchev–Trinajstić information content (AvgIpc) is 2.26. The molecule has 108 valence electrons. The summed E-state index contributed by atoms with van der Waals surface area (Å²) in [5.74, 6) is -0.325. The van der Waals surface area contributed by atoms with Gasteiger partial charge in [0, 0.05) is 19.9 Å². The van der Waals surface area contributed by atoms with Gasteiger partial charge in [-0.15, -0.1) is 0 Å². The summed E-state index contributed by atoms with van der Waals surface area (Å²) in [6.45, 7) is 10.0. The van der Waals surface area contributed by atoms with Crippen LogP contribution in [-0.2, 0) is 14.4 Å². The zero-order valence-corrected chi connectivity index (χ0v) is 12.7. The Labute approximate surface area is 118 Å². The van der Waals surface area contributed by atoms with Gasteiger partial charge >= 0.3 is 0 Å². The number of hydrogen-bond acceptors (Lipinski definition) is 4. The van der Waals surface area contributed by atoms with Gasteiger partial charge in [0.25, 0.3) is 0 Å². The van der Waals surface area contributed by atoms with E-state index >= 15 is 0 Å². The number of nitrogens with one attached hydrogen (secondary N) is 2. The molecule has 5 nitrogen and oxygen atoms in total. The van der Waals surface area contributed by atoms with Crippen LogP contribution in [0.3, 0.4) is 0 Å². The minimum absolute atomic E-state index is 0.0697. The second-order valence-electron chi connectivity index (χ2n) is 4.42. The Balaban J connectivity index is 4.64. The summed E-state index contributed by atoms with van der Waals surface area (Å²) in [6, 6.07) is -0.0697. The van der Waals surface area contributed by atoms with E-state index in [1.807, 2.05) is 6.92 Å². The SMILES string of the molecule is C=C(C)C(=O)SC(CC(CC)NC(C)=O)NC(C)=O. The van der Waals surface area contributed by atoms with E-state index in [2.05, 4.69) is 17.2 Å². The van der Waals surface area contributed by atoms with Crippen LogP contribution in [0.1, 0.15) is 40.5 Å². The predicted octanol–water partition coefficient (Wildman–Crippen LogP) is 1.59. The van der Waals surface area contributed by atoms with Gasteiger partial charge in [-0.25, -0.2) is 0 Å². The van der Waals surface area contributed by atoms with E-state index in [9.17, 15) is 14.4 Å². The van der Waals surface area contributed by atoms with Crippen molar-refractivity contribution in [1.82, 2.24) is 10.6 Å². The van der Waals surface area contributed by atoms with Crippen LogP contribution < -0.4 is 10.6 Å². The zero-order chi connectivity index (χ0) is 15.0. The molecule has 0 aliphatic heterocycles. The normalized spacial score (nSPS) is 13.3. The van der Waals surface area contributed by atoms with Crippen LogP contribution in [0.25, 0.3) is 0 Å². The van der Waals surface area contributed by atoms with Crippen molar-refractivity contribution in [3.63, 3.8) is 0 Å². The molecule has 0 saturated heterocycles. The fourth-order valence-electron chi connectivity index (χ4n) is 1.47. The first-order valence-corrected chi connectivity index (χ1v) is 7.04. The highest BCUT2D eigenvalue weighted by atomic mass is 32.2. The minimum atomic E-state index is -0.363. The van der Waals surface area contributed by atoms with E-state index in [-0.39, 0.29) is 28.3 Å². The molecule has 0 rings (SSSR count). The maximum absolute atomic E-state index is 11.7. The van der Waals surface area contributed by atoms with E-state index in [0.29, 0.717) is 12.0 Å². The minimum Gasteiger partial charge on any atom is -0.354 e. The molecule has 0 aromatic rings. The largest absolute Gasteiger partial charge is 0.354 e. The van der Waals surface area contributed by atoms with E-state index in [1.54, 1.807) is 6.92 Å². The van der Waals surface area contributed by atoms with Gasteiger partial charge in [-0.3, -0.25) is 14.4 Å². The van der Waals surface area contributed by atoms with Gasteiger partial charge in [0.1, 0.15) is 0 Å². The Morgan fingerprint density at radius 1 is 1.11 bits per heavy atom. The van der Waals surface area contributed by atoms with Gasteiger partial charge in [-0.2, -0.15) is 0 Å². The first kappa shape index (κ1) is 17.7. The Morgan fingerprint density at radius 2 is 1.63 bits per heavy atom. The second kappa shape index (κ2) is 8.74. The maximum Gasteiger partial charge on any atom is 0.217 e. The van der Waals surface area contributed by atoms with E-state index in [4.69, 9.17) is 0 Å². The number of thioether (sulfide) groups is 1. The first-order chi connectivity index (χ1) is 8.76. The lowest BCUT2D eigenvalue weighted by Gasteiger charge is -2.23. The smallest absolute Gasteiger partial charge is 0.217 e. The molecule has 2 atom stereocenters. The fourth-order valence-corrected chi connectivity index (χ4v) is 2.48. The van der Waals surface area contributed by atoms with Crippen molar-refractivity contribution in [2.24, 2.45) is 0 Å². The number of rotatable bonds is 7. The zero-order valence-electron chi connectivity index (χ0n) is 11.9. The molecule has 0 aliphatic carbocycles. The summed E-state index contributed by atoms with van der Waals surface area (Å²) in [7, 11) is 0. The van der Waals surface area contributed by atoms with Gasteiger partial charge < -0.3 is 10.6 Å². The number of hydrogen-bond donors (Lipinski definition) is 2. The Kier molecular flexibility index (Phi) is 8.14. The molecule has 0 radical (unpaired) electrons. The standard InChI is InChI=1S/C13H22N2O3S/c1-6-11(14-9(4)16)7-12(15-10(5)17)19-13(18)8(2)3/h11-12H,2,6-7H2,1,3-5H3,(H,14,16)(H,15,17). The third kappa shape index (κ3) is 8.42. The number of carbonyl (C=O) groups excluding carboxylic acids is 3. The highest BCUT2D eigenvalue weighted by Gasteiger charge is 2.20. The molecule has 0 bridgehead atoms. The van der Waals surface area contributed by atoms with Crippen LogP contribution in [-0.4, -0.2) is 28.3 Å². The predicted molar refractivity (Wildman–Crippen MR) is 77.5 cm³/mol. The van der Waals surface area contributed by atoms with Crippen molar-refractivity contribution >= 4 is 28.7 Å². The van der Waals surface area contributed by atoms with E-state index < -0.39 is 0 Å². The molecule has 2 amide bonds. The summed E-state index contributed by atoms with van der Waals surface area (Å²) in [5, 5.41) is 4.99. The number of amides is 2. The Morgan fingerprint density at radius 3 is 2.00 bits per heavy atom. The molecule has 0 aromatic carbocycles. The summed E-state index contributed by atoms with van der Waals surface area (Å²) >= 11 is 1.03. The molecular weight excluding hydrogens is 264 g/mol. The first-order valence-electron chi connectivity index (χ1n) is 6.16. The van der Waals surface area contributed by atoms with E-state index in [1.165, 1.54) is 13.8 Å². The summed E-state index contributed by atoms with van der Waals surface area (Å²) in [6.07, 6.45) is 1.23. The molecule has 0 saturated carbocycles. The van der Waals surface area contributed by atoms with Crippen LogP contribution in [0.5, 0.6) is 0 Å². The number of carbonyl (C=O) groups is 3. The monoisotopic (exact) mass is 286 g/mol. The Bertz CT molecular complexity index is 369. The molecular formula is C13H22N2O3S. The highest BCUT2D eigenvalue weighted by molar-refractivity contribution is 8.14. The average molecular weight is 286 g/mol. The maximum atomic E-state index is 11.7. The van der Waals surface area contributed by atoms with Crippen molar-refractivity contribution in [2.45, 2.75) is 52.0 Å². The highest BCUT2D eigenvalue weighted by Crippen LogP contribution is 2.19. The van der Waals surface area contributed by atoms with Crippen LogP contribution in [0, 0.1) is 0 Å². The van der Waals surface area contributed by atoms with Crippen LogP contribution in [0.15, 0.2) is 12.2 Å². The molecule has 6 heteroatoms. The summed E-state index contributed by atoms with van der Waals surface area (Å²) < 4.78 is 0. The third-order valence-corrected chi connectivity index (χ3v) is 3.52. The Hall–Kier alpha value is -1.30. The molecule has 0 aliphatic rings. The van der Waals surface area contributed by atoms with Crippen molar-refractivity contribution in [3.8, 4) is 0 Å². The molecule has 2 unspecified atom stereocenters. The van der Waals surface area contributed by atoms with Crippen molar-refractivity contribution < 1.29 is 14.4 Å². The second-order valence-corrected chi connectivity index (χ2v) is 5.59. The lowest BCUT2D eigenvalue weighted by atomic mass is 10.1. The molecule has 0 heterocycles. The molecule has 19 heavy (non-hydrogen) atoms. The lowest BCUT2D eigenvalue weighted by Crippen LogP contribution is -2.40. The summed E-state index contributed by atoms with van der Waals surface area (Å²) in [5.41, 5.74) is 0.438. The van der Waals surface area contributed by atoms with Crippen molar-refractivity contribution in [1.29, 1.82) is 0 Å². The summed E-state index contributed by atoms with van der Waals surface area (Å²) in [4.78, 5) is 33.9. The van der Waals surface area contributed by atoms with Crippen molar-refractivity contribution in [3.05, 3.63) is 12.2 Å². The third-order valence-electron chi connectivity index (χ3n) is 2.36. The molecule has 2 N–H and O–H groups in total. The molecule has 0 spiro atoms. The van der Waals surface area contributed by atoms with Gasteiger partial charge in [0.2, 0.25) is 16.9 Å². The van der Waals surface area contributed by atoms with E-state index in [0.717, 1.165) is 18.2 Å². The fraction of sp³-hybridized carbons (Fsp3) is 0.615. The quantitative estimate of drug-likeness (QED) is 0.550. The van der Waals surface area contributed by atoms with Gasteiger partial charge in [0.15, 0.2) is 0 Å². The van der Waals surface area contributed by atoms with Gasteiger partial charge in [0.05, 0.1) is 5.37 Å². The van der Waals surface area contributed by atoms with Gasteiger partial charge in [-0.05, 0) is 25.3 Å². The topological polar surface area (TPSA) is 75.3 Å².